The molecule has 3 rings (SSSR count). The van der Waals surface area contributed by atoms with Gasteiger partial charge >= 0.3 is 0 Å². The Bertz CT molecular complexity index is 423. The molecule has 0 atom stereocenters. The summed E-state index contributed by atoms with van der Waals surface area (Å²) in [5.41, 5.74) is 8.15. The first-order valence-electron chi connectivity index (χ1n) is 6.40. The predicted molar refractivity (Wildman–Crippen MR) is 64.7 cm³/mol. The van der Waals surface area contributed by atoms with Gasteiger partial charge in [0.15, 0.2) is 0 Å². The van der Waals surface area contributed by atoms with Gasteiger partial charge in [-0.2, -0.15) is 0 Å². The number of nitrogens with zero attached hydrogens (tertiary/aromatic N) is 2. The van der Waals surface area contributed by atoms with Crippen LogP contribution in [-0.4, -0.2) is 23.2 Å². The number of rotatable bonds is 2. The molecular formula is C13H19N3O. The lowest BCUT2D eigenvalue weighted by atomic mass is 9.95. The molecule has 0 bridgehead atoms. The van der Waals surface area contributed by atoms with Gasteiger partial charge in [0.25, 0.3) is 0 Å². The summed E-state index contributed by atoms with van der Waals surface area (Å²) >= 11 is 0. The summed E-state index contributed by atoms with van der Waals surface area (Å²) in [6, 6.07) is 2.10. The van der Waals surface area contributed by atoms with Crippen LogP contribution in [0.25, 0.3) is 0 Å². The standard InChI is InChI=1S/C13H19N3O/c1-9-8-11(10-2-6-17-7-3-10)16-12(15-9)13(14)4-5-13/h8,10H,2-7,14H2,1H3. The Morgan fingerprint density at radius 2 is 2.00 bits per heavy atom. The van der Waals surface area contributed by atoms with Crippen LogP contribution in [0.2, 0.25) is 0 Å². The summed E-state index contributed by atoms with van der Waals surface area (Å²) in [6.07, 6.45) is 4.16. The van der Waals surface area contributed by atoms with Crippen molar-refractivity contribution < 1.29 is 4.74 Å². The van der Waals surface area contributed by atoms with Gasteiger partial charge in [0.1, 0.15) is 5.82 Å². The first-order valence-corrected chi connectivity index (χ1v) is 6.40. The van der Waals surface area contributed by atoms with E-state index < -0.39 is 0 Å². The summed E-state index contributed by atoms with van der Waals surface area (Å²) in [4.78, 5) is 9.19. The van der Waals surface area contributed by atoms with E-state index in [0.717, 1.165) is 56.1 Å². The van der Waals surface area contributed by atoms with Gasteiger partial charge in [-0.25, -0.2) is 9.97 Å². The number of aromatic nitrogens is 2. The molecule has 2 aliphatic rings. The van der Waals surface area contributed by atoms with Crippen molar-refractivity contribution in [2.45, 2.75) is 44.1 Å². The molecule has 2 fully saturated rings. The van der Waals surface area contributed by atoms with E-state index in [4.69, 9.17) is 15.5 Å². The fourth-order valence-electron chi connectivity index (χ4n) is 2.38. The van der Waals surface area contributed by atoms with Crippen LogP contribution in [0.3, 0.4) is 0 Å². The first-order chi connectivity index (χ1) is 8.17. The van der Waals surface area contributed by atoms with Gasteiger partial charge < -0.3 is 10.5 Å². The van der Waals surface area contributed by atoms with Crippen LogP contribution in [0.15, 0.2) is 6.07 Å². The van der Waals surface area contributed by atoms with E-state index in [2.05, 4.69) is 11.1 Å². The van der Waals surface area contributed by atoms with Crippen LogP contribution in [0.4, 0.5) is 0 Å². The van der Waals surface area contributed by atoms with Crippen molar-refractivity contribution in [3.63, 3.8) is 0 Å². The zero-order valence-corrected chi connectivity index (χ0v) is 10.3. The van der Waals surface area contributed by atoms with E-state index in [1.807, 2.05) is 6.92 Å². The zero-order chi connectivity index (χ0) is 11.9. The third-order valence-corrected chi connectivity index (χ3v) is 3.75. The fraction of sp³-hybridized carbons (Fsp3) is 0.692. The second-order valence-corrected chi connectivity index (χ2v) is 5.30. The minimum atomic E-state index is -0.230. The van der Waals surface area contributed by atoms with Crippen molar-refractivity contribution >= 4 is 0 Å². The van der Waals surface area contributed by atoms with E-state index in [-0.39, 0.29) is 5.54 Å². The highest BCUT2D eigenvalue weighted by atomic mass is 16.5. The maximum atomic E-state index is 6.19. The van der Waals surface area contributed by atoms with Crippen molar-refractivity contribution in [3.05, 3.63) is 23.3 Å². The largest absolute Gasteiger partial charge is 0.381 e. The number of nitrogens with two attached hydrogens (primary N) is 1. The maximum absolute atomic E-state index is 6.19. The molecule has 0 aromatic carbocycles. The minimum Gasteiger partial charge on any atom is -0.381 e. The molecule has 0 radical (unpaired) electrons. The predicted octanol–water partition coefficient (Wildman–Crippen LogP) is 1.63. The lowest BCUT2D eigenvalue weighted by molar-refractivity contribution is 0.0844. The molecule has 2 heterocycles. The van der Waals surface area contributed by atoms with Gasteiger partial charge in [0.2, 0.25) is 0 Å². The molecule has 1 saturated heterocycles. The van der Waals surface area contributed by atoms with E-state index in [9.17, 15) is 0 Å². The Hall–Kier alpha value is -1.00. The monoisotopic (exact) mass is 233 g/mol. The van der Waals surface area contributed by atoms with Crippen LogP contribution in [0, 0.1) is 6.92 Å². The molecule has 1 saturated carbocycles. The summed E-state index contributed by atoms with van der Waals surface area (Å²) in [7, 11) is 0. The topological polar surface area (TPSA) is 61.0 Å². The van der Waals surface area contributed by atoms with E-state index >= 15 is 0 Å². The second kappa shape index (κ2) is 4.03. The molecule has 4 heteroatoms. The molecule has 0 amide bonds. The molecule has 1 aromatic rings. The molecule has 0 unspecified atom stereocenters. The number of hydrogen-bond acceptors (Lipinski definition) is 4. The van der Waals surface area contributed by atoms with E-state index in [0.29, 0.717) is 5.92 Å². The maximum Gasteiger partial charge on any atom is 0.148 e. The third kappa shape index (κ3) is 2.19. The summed E-state index contributed by atoms with van der Waals surface area (Å²) in [5.74, 6) is 1.37. The number of ether oxygens (including phenoxy) is 1. The lowest BCUT2D eigenvalue weighted by Gasteiger charge is -2.22. The van der Waals surface area contributed by atoms with Crippen molar-refractivity contribution in [2.75, 3.05) is 13.2 Å². The minimum absolute atomic E-state index is 0.230. The highest BCUT2D eigenvalue weighted by Gasteiger charge is 2.43. The third-order valence-electron chi connectivity index (χ3n) is 3.75. The van der Waals surface area contributed by atoms with Crippen LogP contribution in [-0.2, 0) is 10.3 Å². The number of hydrogen-bond donors (Lipinski definition) is 1. The Balaban J connectivity index is 1.90. The summed E-state index contributed by atoms with van der Waals surface area (Å²) in [5, 5.41) is 0. The lowest BCUT2D eigenvalue weighted by Crippen LogP contribution is -2.24. The van der Waals surface area contributed by atoms with Crippen molar-refractivity contribution in [1.82, 2.24) is 9.97 Å². The normalized spacial score (nSPS) is 23.6. The Labute approximate surface area is 102 Å². The summed E-state index contributed by atoms with van der Waals surface area (Å²) < 4.78 is 5.39. The highest BCUT2D eigenvalue weighted by Crippen LogP contribution is 2.41. The Morgan fingerprint density at radius 1 is 1.29 bits per heavy atom. The van der Waals surface area contributed by atoms with Gasteiger partial charge in [-0.15, -0.1) is 0 Å². The molecule has 4 nitrogen and oxygen atoms in total. The molecule has 1 aliphatic heterocycles. The van der Waals surface area contributed by atoms with Gasteiger partial charge in [0, 0.05) is 30.5 Å². The van der Waals surface area contributed by atoms with Gasteiger partial charge in [0.05, 0.1) is 5.54 Å². The average molecular weight is 233 g/mol. The fourth-order valence-corrected chi connectivity index (χ4v) is 2.38. The molecular weight excluding hydrogens is 214 g/mol. The first kappa shape index (κ1) is 11.1. The quantitative estimate of drug-likeness (QED) is 0.843. The van der Waals surface area contributed by atoms with Gasteiger partial charge in [-0.3, -0.25) is 0 Å². The number of aryl methyl sites for hydroxylation is 1. The zero-order valence-electron chi connectivity index (χ0n) is 10.3. The average Bonchev–Trinajstić information content (AvgIpc) is 3.09. The van der Waals surface area contributed by atoms with E-state index in [1.165, 1.54) is 0 Å². The molecule has 1 aromatic heterocycles. The second-order valence-electron chi connectivity index (χ2n) is 5.30. The van der Waals surface area contributed by atoms with Gasteiger partial charge in [-0.1, -0.05) is 0 Å². The SMILES string of the molecule is Cc1cc(C2CCOCC2)nc(C2(N)CC2)n1. The highest BCUT2D eigenvalue weighted by molar-refractivity contribution is 5.22. The van der Waals surface area contributed by atoms with Crippen LogP contribution < -0.4 is 5.73 Å². The van der Waals surface area contributed by atoms with Crippen LogP contribution in [0.1, 0.15) is 48.8 Å². The molecule has 17 heavy (non-hydrogen) atoms. The molecule has 0 spiro atoms. The Kier molecular flexibility index (Phi) is 2.64. The van der Waals surface area contributed by atoms with E-state index in [1.54, 1.807) is 0 Å². The Morgan fingerprint density at radius 3 is 2.65 bits per heavy atom. The molecule has 1 aliphatic carbocycles. The molecule has 2 N–H and O–H groups in total. The van der Waals surface area contributed by atoms with Crippen molar-refractivity contribution in [2.24, 2.45) is 5.73 Å². The smallest absolute Gasteiger partial charge is 0.148 e. The van der Waals surface area contributed by atoms with Crippen molar-refractivity contribution in [1.29, 1.82) is 0 Å². The molecule has 92 valence electrons. The summed E-state index contributed by atoms with van der Waals surface area (Å²) in [6.45, 7) is 3.72. The van der Waals surface area contributed by atoms with Crippen molar-refractivity contribution in [3.8, 4) is 0 Å². The van der Waals surface area contributed by atoms with Gasteiger partial charge in [-0.05, 0) is 38.7 Å². The van der Waals surface area contributed by atoms with Crippen LogP contribution in [0.5, 0.6) is 0 Å². The van der Waals surface area contributed by atoms with Crippen LogP contribution >= 0.6 is 0 Å².